The zero-order chi connectivity index (χ0) is 24.1. The topological polar surface area (TPSA) is 38.9 Å². The second-order valence-corrected chi connectivity index (χ2v) is 10.1. The maximum atomic E-state index is 6.10. The number of rotatable bonds is 3. The Morgan fingerprint density at radius 2 is 1.28 bits per heavy atom. The summed E-state index contributed by atoms with van der Waals surface area (Å²) in [5.41, 5.74) is 8.02. The Kier molecular flexibility index (Phi) is 5.06. The fraction of sp³-hybridized carbons (Fsp3) is 0. The van der Waals surface area contributed by atoms with Crippen molar-refractivity contribution in [3.63, 3.8) is 0 Å². The van der Waals surface area contributed by atoms with Crippen LogP contribution in [0.15, 0.2) is 120 Å². The van der Waals surface area contributed by atoms with Crippen LogP contribution in [0.2, 0.25) is 0 Å². The zero-order valence-electron chi connectivity index (χ0n) is 19.2. The summed E-state index contributed by atoms with van der Waals surface area (Å²) in [6.07, 6.45) is 3.69. The number of halogens is 1. The van der Waals surface area contributed by atoms with Crippen LogP contribution in [0.5, 0.6) is 0 Å². The van der Waals surface area contributed by atoms with Gasteiger partial charge in [-0.25, -0.2) is 4.98 Å². The van der Waals surface area contributed by atoms with Gasteiger partial charge in [0.25, 0.3) is 0 Å². The Hall–Kier alpha value is -4.03. The molecule has 0 spiro atoms. The first-order valence-corrected chi connectivity index (χ1v) is 12.8. The molecule has 3 aromatic heterocycles. The number of benzene rings is 4. The molecule has 0 aliphatic heterocycles. The van der Waals surface area contributed by atoms with Gasteiger partial charge in [-0.05, 0) is 98.6 Å². The number of hydrogen-bond donors (Lipinski definition) is 0. The maximum Gasteiger partial charge on any atom is 0.227 e. The molecule has 0 unspecified atom stereocenters. The Balaban J connectivity index is 1.23. The third-order valence-corrected chi connectivity index (χ3v) is 7.38. The van der Waals surface area contributed by atoms with Crippen LogP contribution in [0.25, 0.3) is 66.4 Å². The van der Waals surface area contributed by atoms with Crippen molar-refractivity contribution in [2.75, 3.05) is 0 Å². The smallest absolute Gasteiger partial charge is 0.227 e. The molecule has 3 nitrogen and oxygen atoms in total. The lowest BCUT2D eigenvalue weighted by atomic mass is 9.98. The van der Waals surface area contributed by atoms with Gasteiger partial charge in [-0.2, -0.15) is 0 Å². The summed E-state index contributed by atoms with van der Waals surface area (Å²) in [7, 11) is 0. The standard InChI is InChI=1S/C32H19IN2O/c33-26-13-10-20(11-14-26)21-6-7-23-18-24(9-8-22(23)17-21)25-12-15-30(35-19-25)29-4-1-3-27-28-5-2-16-34-32(28)36-31(27)29/h1-19H. The summed E-state index contributed by atoms with van der Waals surface area (Å²) in [5.74, 6) is 0. The quantitative estimate of drug-likeness (QED) is 0.198. The van der Waals surface area contributed by atoms with Gasteiger partial charge in [0, 0.05) is 37.9 Å². The van der Waals surface area contributed by atoms with Crippen molar-refractivity contribution in [1.29, 1.82) is 0 Å². The molecule has 0 saturated carbocycles. The number of aromatic nitrogens is 2. The van der Waals surface area contributed by atoms with E-state index in [9.17, 15) is 0 Å². The van der Waals surface area contributed by atoms with Gasteiger partial charge in [0.1, 0.15) is 5.58 Å². The highest BCUT2D eigenvalue weighted by molar-refractivity contribution is 14.1. The molecule has 7 rings (SSSR count). The van der Waals surface area contributed by atoms with Crippen LogP contribution in [0.1, 0.15) is 0 Å². The van der Waals surface area contributed by atoms with Gasteiger partial charge in [-0.3, -0.25) is 4.98 Å². The Bertz CT molecular complexity index is 1890. The second kappa shape index (κ2) is 8.57. The van der Waals surface area contributed by atoms with Gasteiger partial charge in [0.15, 0.2) is 0 Å². The van der Waals surface area contributed by atoms with Crippen molar-refractivity contribution < 1.29 is 4.42 Å². The molecule has 3 heterocycles. The van der Waals surface area contributed by atoms with Crippen LogP contribution in [0.3, 0.4) is 0 Å². The zero-order valence-corrected chi connectivity index (χ0v) is 21.3. The van der Waals surface area contributed by atoms with Gasteiger partial charge in [0.2, 0.25) is 5.71 Å². The van der Waals surface area contributed by atoms with E-state index in [1.54, 1.807) is 6.20 Å². The Labute approximate surface area is 221 Å². The lowest BCUT2D eigenvalue weighted by Crippen LogP contribution is -1.86. The van der Waals surface area contributed by atoms with E-state index in [0.717, 1.165) is 38.7 Å². The lowest BCUT2D eigenvalue weighted by molar-refractivity contribution is 0.655. The summed E-state index contributed by atoms with van der Waals surface area (Å²) in [6, 6.07) is 36.2. The van der Waals surface area contributed by atoms with E-state index in [4.69, 9.17) is 9.40 Å². The van der Waals surface area contributed by atoms with Gasteiger partial charge in [-0.1, -0.05) is 54.6 Å². The minimum atomic E-state index is 0.651. The number of para-hydroxylation sites is 1. The molecule has 0 amide bonds. The predicted octanol–water partition coefficient (Wildman–Crippen LogP) is 9.13. The minimum Gasteiger partial charge on any atom is -0.437 e. The van der Waals surface area contributed by atoms with Gasteiger partial charge >= 0.3 is 0 Å². The molecule has 0 N–H and O–H groups in total. The summed E-state index contributed by atoms with van der Waals surface area (Å²) < 4.78 is 7.34. The number of pyridine rings is 2. The normalized spacial score (nSPS) is 11.5. The molecular weight excluding hydrogens is 555 g/mol. The first-order chi connectivity index (χ1) is 17.7. The number of hydrogen-bond acceptors (Lipinski definition) is 3. The average molecular weight is 574 g/mol. The van der Waals surface area contributed by atoms with Crippen molar-refractivity contribution in [2.24, 2.45) is 0 Å². The average Bonchev–Trinajstić information content (AvgIpc) is 3.32. The first kappa shape index (κ1) is 21.3. The van der Waals surface area contributed by atoms with Crippen LogP contribution < -0.4 is 0 Å². The van der Waals surface area contributed by atoms with Crippen molar-refractivity contribution >= 4 is 55.4 Å². The minimum absolute atomic E-state index is 0.651. The van der Waals surface area contributed by atoms with Gasteiger partial charge in [0.05, 0.1) is 5.69 Å². The number of nitrogens with zero attached hydrogens (tertiary/aromatic N) is 2. The SMILES string of the molecule is Ic1ccc(-c2ccc3cc(-c4ccc(-c5cccc6c5oc5ncccc56)nc4)ccc3c2)cc1. The van der Waals surface area contributed by atoms with E-state index in [-0.39, 0.29) is 0 Å². The maximum absolute atomic E-state index is 6.10. The second-order valence-electron chi connectivity index (χ2n) is 8.86. The van der Waals surface area contributed by atoms with Crippen LogP contribution in [-0.4, -0.2) is 9.97 Å². The van der Waals surface area contributed by atoms with Crippen LogP contribution in [0, 0.1) is 3.57 Å². The van der Waals surface area contributed by atoms with E-state index >= 15 is 0 Å². The largest absolute Gasteiger partial charge is 0.437 e. The molecule has 0 aliphatic rings. The van der Waals surface area contributed by atoms with Crippen molar-refractivity contribution in [2.45, 2.75) is 0 Å². The van der Waals surface area contributed by atoms with E-state index in [2.05, 4.69) is 106 Å². The molecule has 0 saturated heterocycles. The molecule has 0 fully saturated rings. The highest BCUT2D eigenvalue weighted by Gasteiger charge is 2.13. The van der Waals surface area contributed by atoms with Gasteiger partial charge in [-0.15, -0.1) is 0 Å². The van der Waals surface area contributed by atoms with Crippen molar-refractivity contribution in [1.82, 2.24) is 9.97 Å². The summed E-state index contributed by atoms with van der Waals surface area (Å²) in [4.78, 5) is 9.18. The fourth-order valence-electron chi connectivity index (χ4n) is 4.81. The molecule has 0 radical (unpaired) electrons. The molecule has 4 aromatic carbocycles. The van der Waals surface area contributed by atoms with E-state index in [1.165, 1.54) is 25.5 Å². The van der Waals surface area contributed by atoms with Crippen LogP contribution in [0.4, 0.5) is 0 Å². The summed E-state index contributed by atoms with van der Waals surface area (Å²) >= 11 is 2.34. The highest BCUT2D eigenvalue weighted by Crippen LogP contribution is 2.35. The van der Waals surface area contributed by atoms with Crippen molar-refractivity contribution in [3.05, 3.63) is 119 Å². The molecule has 36 heavy (non-hydrogen) atoms. The molecule has 0 bridgehead atoms. The molecule has 7 aromatic rings. The van der Waals surface area contributed by atoms with Crippen molar-refractivity contribution in [3.8, 4) is 33.5 Å². The third kappa shape index (κ3) is 3.65. The predicted molar refractivity (Wildman–Crippen MR) is 156 cm³/mol. The number of furan rings is 1. The third-order valence-electron chi connectivity index (χ3n) is 6.67. The highest BCUT2D eigenvalue weighted by atomic mass is 127. The van der Waals surface area contributed by atoms with Gasteiger partial charge < -0.3 is 4.42 Å². The Morgan fingerprint density at radius 1 is 0.583 bits per heavy atom. The van der Waals surface area contributed by atoms with Crippen LogP contribution >= 0.6 is 22.6 Å². The molecule has 170 valence electrons. The lowest BCUT2D eigenvalue weighted by Gasteiger charge is -2.08. The molecule has 4 heteroatoms. The molecular formula is C32H19IN2O. The van der Waals surface area contributed by atoms with E-state index in [1.807, 2.05) is 30.5 Å². The summed E-state index contributed by atoms with van der Waals surface area (Å²) in [5, 5.41) is 4.52. The molecule has 0 aliphatic carbocycles. The Morgan fingerprint density at radius 3 is 2.03 bits per heavy atom. The first-order valence-electron chi connectivity index (χ1n) is 11.8. The monoisotopic (exact) mass is 574 g/mol. The summed E-state index contributed by atoms with van der Waals surface area (Å²) in [6.45, 7) is 0. The fourth-order valence-corrected chi connectivity index (χ4v) is 5.17. The number of fused-ring (bicyclic) bond motifs is 4. The molecule has 0 atom stereocenters. The van der Waals surface area contributed by atoms with E-state index in [0.29, 0.717) is 5.71 Å². The van der Waals surface area contributed by atoms with Crippen LogP contribution in [-0.2, 0) is 0 Å². The van der Waals surface area contributed by atoms with E-state index < -0.39 is 0 Å².